The second-order valence-corrected chi connectivity index (χ2v) is 10.6. The molecule has 13 heteroatoms. The molecule has 1 atom stereocenters. The molecule has 3 aromatic heterocycles. The van der Waals surface area contributed by atoms with Gasteiger partial charge in [-0.1, -0.05) is 6.92 Å². The number of sulfone groups is 1. The second-order valence-electron chi connectivity index (χ2n) is 7.61. The molecule has 0 bridgehead atoms. The van der Waals surface area contributed by atoms with Crippen LogP contribution in [0.4, 0.5) is 24.0 Å². The number of halogens is 3. The van der Waals surface area contributed by atoms with Crippen molar-refractivity contribution >= 4 is 48.8 Å². The molecule has 0 fully saturated rings. The zero-order chi connectivity index (χ0) is 24.7. The van der Waals surface area contributed by atoms with Crippen LogP contribution in [0.5, 0.6) is 0 Å². The molecule has 1 unspecified atom stereocenters. The van der Waals surface area contributed by atoms with E-state index in [2.05, 4.69) is 20.3 Å². The number of nitrogens with one attached hydrogen (secondary N) is 1. The van der Waals surface area contributed by atoms with Gasteiger partial charge in [-0.3, -0.25) is 9.78 Å². The predicted molar refractivity (Wildman–Crippen MR) is 121 cm³/mol. The lowest BCUT2D eigenvalue weighted by atomic mass is 10.0. The van der Waals surface area contributed by atoms with Crippen molar-refractivity contribution in [2.45, 2.75) is 29.7 Å². The largest absolute Gasteiger partial charge is 0.501 e. The van der Waals surface area contributed by atoms with E-state index in [0.29, 0.717) is 22.0 Å². The molecule has 0 amide bonds. The number of fused-ring (bicyclic) bond motifs is 1. The number of hydrogen-bond acceptors (Lipinski definition) is 8. The summed E-state index contributed by atoms with van der Waals surface area (Å²) >= 11 is 1.29. The second kappa shape index (κ2) is 8.80. The van der Waals surface area contributed by atoms with Crippen LogP contribution in [0.15, 0.2) is 53.9 Å². The Morgan fingerprint density at radius 1 is 1.15 bits per heavy atom. The summed E-state index contributed by atoms with van der Waals surface area (Å²) in [5.41, 5.74) is -3.13. The molecule has 3 heterocycles. The van der Waals surface area contributed by atoms with Gasteiger partial charge in [0.2, 0.25) is 0 Å². The van der Waals surface area contributed by atoms with Gasteiger partial charge in [-0.2, -0.15) is 13.2 Å². The Balaban J connectivity index is 1.42. The summed E-state index contributed by atoms with van der Waals surface area (Å²) < 4.78 is 62.8. The number of pyridine rings is 1. The third-order valence-electron chi connectivity index (χ3n) is 5.12. The Morgan fingerprint density at radius 2 is 1.85 bits per heavy atom. The van der Waals surface area contributed by atoms with Crippen LogP contribution in [0.1, 0.15) is 34.6 Å². The van der Waals surface area contributed by atoms with Crippen molar-refractivity contribution in [2.75, 3.05) is 5.32 Å². The van der Waals surface area contributed by atoms with Gasteiger partial charge < -0.3 is 9.88 Å². The van der Waals surface area contributed by atoms with Crippen LogP contribution in [0.2, 0.25) is 0 Å². The number of carbonyl (C=O) groups excluding carboxylic acids is 1. The van der Waals surface area contributed by atoms with Crippen LogP contribution >= 0.6 is 11.3 Å². The topological polar surface area (TPSA) is 107 Å². The number of rotatable bonds is 7. The lowest BCUT2D eigenvalue weighted by Crippen LogP contribution is -2.23. The van der Waals surface area contributed by atoms with Crippen LogP contribution < -0.4 is 5.32 Å². The highest BCUT2D eigenvalue weighted by Crippen LogP contribution is 2.33. The van der Waals surface area contributed by atoms with Crippen LogP contribution in [-0.4, -0.2) is 39.2 Å². The van der Waals surface area contributed by atoms with Crippen molar-refractivity contribution < 1.29 is 26.4 Å². The minimum Gasteiger partial charge on any atom is -0.334 e. The van der Waals surface area contributed by atoms with Crippen LogP contribution in [-0.2, 0) is 16.9 Å². The van der Waals surface area contributed by atoms with Crippen LogP contribution in [0.3, 0.4) is 0 Å². The summed E-state index contributed by atoms with van der Waals surface area (Å²) in [4.78, 5) is 25.4. The summed E-state index contributed by atoms with van der Waals surface area (Å²) in [5, 5.41) is 3.38. The molecule has 34 heavy (non-hydrogen) atoms. The van der Waals surface area contributed by atoms with Crippen molar-refractivity contribution in [2.24, 2.45) is 7.05 Å². The number of benzene rings is 1. The number of imidazole rings is 1. The average molecular weight is 510 g/mol. The maximum Gasteiger partial charge on any atom is 0.501 e. The standard InChI is InChI=1S/C21H18F3N5O3S2/c1-12(7-18(30)15-8-17-16(9-25-15)27-11-29(17)2)19-10-26-20(33-19)28-13-3-5-14(6-4-13)34(31,32)21(22,23)24/h3-6,8-12H,7H2,1-2H3,(H,26,28). The van der Waals surface area contributed by atoms with Gasteiger partial charge in [-0.25, -0.2) is 18.4 Å². The first kappa shape index (κ1) is 23.8. The van der Waals surface area contributed by atoms with E-state index < -0.39 is 20.2 Å². The van der Waals surface area contributed by atoms with Gasteiger partial charge in [-0.15, -0.1) is 11.3 Å². The fourth-order valence-electron chi connectivity index (χ4n) is 3.21. The molecule has 0 aliphatic rings. The van der Waals surface area contributed by atoms with E-state index in [0.717, 1.165) is 22.5 Å². The molecule has 4 aromatic rings. The normalized spacial score (nSPS) is 13.2. The molecular formula is C21H18F3N5O3S2. The minimum absolute atomic E-state index is 0.125. The van der Waals surface area contributed by atoms with E-state index >= 15 is 0 Å². The summed E-state index contributed by atoms with van der Waals surface area (Å²) in [6, 6.07) is 5.93. The van der Waals surface area contributed by atoms with E-state index in [-0.39, 0.29) is 18.1 Å². The number of aryl methyl sites for hydroxylation is 1. The molecule has 0 radical (unpaired) electrons. The lowest BCUT2D eigenvalue weighted by Gasteiger charge is -2.09. The molecule has 0 saturated carbocycles. The van der Waals surface area contributed by atoms with Gasteiger partial charge in [0.05, 0.1) is 22.9 Å². The maximum absolute atomic E-state index is 12.7. The van der Waals surface area contributed by atoms with Crippen molar-refractivity contribution in [3.63, 3.8) is 0 Å². The lowest BCUT2D eigenvalue weighted by molar-refractivity contribution is -0.0436. The summed E-state index contributed by atoms with van der Waals surface area (Å²) in [5.74, 6) is -0.274. The monoisotopic (exact) mass is 509 g/mol. The average Bonchev–Trinajstić information content (AvgIpc) is 3.40. The number of Topliss-reactive ketones (excluding diaryl/α,β-unsaturated/α-hetero) is 1. The zero-order valence-electron chi connectivity index (χ0n) is 17.9. The van der Waals surface area contributed by atoms with E-state index in [4.69, 9.17) is 0 Å². The first-order chi connectivity index (χ1) is 16.0. The molecular weight excluding hydrogens is 491 g/mol. The molecule has 4 rings (SSSR count). The Kier molecular flexibility index (Phi) is 6.16. The number of ketones is 1. The van der Waals surface area contributed by atoms with E-state index in [9.17, 15) is 26.4 Å². The number of anilines is 2. The number of thiazole rings is 1. The van der Waals surface area contributed by atoms with Gasteiger partial charge in [0, 0.05) is 30.2 Å². The third kappa shape index (κ3) is 4.66. The molecule has 0 aliphatic heterocycles. The van der Waals surface area contributed by atoms with Gasteiger partial charge in [-0.05, 0) is 36.2 Å². The predicted octanol–water partition coefficient (Wildman–Crippen LogP) is 4.84. The number of hydrogen-bond donors (Lipinski definition) is 1. The summed E-state index contributed by atoms with van der Waals surface area (Å²) in [7, 11) is -3.57. The zero-order valence-corrected chi connectivity index (χ0v) is 19.5. The quantitative estimate of drug-likeness (QED) is 0.355. The van der Waals surface area contributed by atoms with Gasteiger partial charge in [0.1, 0.15) is 11.2 Å². The first-order valence-electron chi connectivity index (χ1n) is 9.90. The molecule has 0 spiro atoms. The van der Waals surface area contributed by atoms with Crippen molar-refractivity contribution in [1.82, 2.24) is 19.5 Å². The van der Waals surface area contributed by atoms with Crippen LogP contribution in [0.25, 0.3) is 11.0 Å². The summed E-state index contributed by atoms with van der Waals surface area (Å²) in [6.45, 7) is 1.88. The fraction of sp³-hybridized carbons (Fsp3) is 0.238. The van der Waals surface area contributed by atoms with Crippen molar-refractivity contribution in [1.29, 1.82) is 0 Å². The maximum atomic E-state index is 12.7. The van der Waals surface area contributed by atoms with Crippen molar-refractivity contribution in [3.05, 3.63) is 59.6 Å². The smallest absolute Gasteiger partial charge is 0.334 e. The highest BCUT2D eigenvalue weighted by molar-refractivity contribution is 7.92. The fourth-order valence-corrected chi connectivity index (χ4v) is 4.86. The first-order valence-corrected chi connectivity index (χ1v) is 12.2. The number of nitrogens with zero attached hydrogens (tertiary/aromatic N) is 4. The minimum atomic E-state index is -5.40. The van der Waals surface area contributed by atoms with Crippen LogP contribution in [0, 0.1) is 0 Å². The van der Waals surface area contributed by atoms with Gasteiger partial charge >= 0.3 is 5.51 Å². The van der Waals surface area contributed by atoms with E-state index in [1.807, 2.05) is 18.5 Å². The Hall–Kier alpha value is -3.32. The van der Waals surface area contributed by atoms with E-state index in [1.54, 1.807) is 24.8 Å². The number of aromatic nitrogens is 4. The highest BCUT2D eigenvalue weighted by atomic mass is 32.2. The van der Waals surface area contributed by atoms with Crippen molar-refractivity contribution in [3.8, 4) is 0 Å². The van der Waals surface area contributed by atoms with Gasteiger partial charge in [0.15, 0.2) is 10.9 Å². The molecule has 1 aromatic carbocycles. The molecule has 0 aliphatic carbocycles. The Bertz CT molecular complexity index is 1460. The van der Waals surface area contributed by atoms with Gasteiger partial charge in [0.25, 0.3) is 9.84 Å². The van der Waals surface area contributed by atoms with E-state index in [1.165, 1.54) is 23.5 Å². The number of alkyl halides is 3. The number of carbonyl (C=O) groups is 1. The third-order valence-corrected chi connectivity index (χ3v) is 7.77. The summed E-state index contributed by atoms with van der Waals surface area (Å²) in [6.07, 6.45) is 5.04. The highest BCUT2D eigenvalue weighted by Gasteiger charge is 2.46. The molecule has 1 N–H and O–H groups in total. The SMILES string of the molecule is CC(CC(=O)c1cc2c(cn1)ncn2C)c1cnc(Nc2ccc(S(=O)(=O)C(F)(F)F)cc2)s1. The molecule has 178 valence electrons. The Labute approximate surface area is 196 Å². The molecule has 0 saturated heterocycles. The molecule has 8 nitrogen and oxygen atoms in total. The Morgan fingerprint density at radius 3 is 2.53 bits per heavy atom.